The third-order valence-corrected chi connectivity index (χ3v) is 4.20. The van der Waals surface area contributed by atoms with Crippen molar-refractivity contribution in [1.29, 1.82) is 0 Å². The zero-order chi connectivity index (χ0) is 19.2. The summed E-state index contributed by atoms with van der Waals surface area (Å²) in [6, 6.07) is 12.6. The Bertz CT molecular complexity index is 977. The molecule has 0 aliphatic carbocycles. The number of carbonyl (C=O) groups excluding carboxylic acids is 2. The topological polar surface area (TPSA) is 71.2 Å². The maximum atomic E-state index is 12.9. The van der Waals surface area contributed by atoms with E-state index >= 15 is 0 Å². The van der Waals surface area contributed by atoms with Gasteiger partial charge in [0.2, 0.25) is 5.91 Å². The molecule has 0 aliphatic rings. The molecular weight excluding hydrogens is 347 g/mol. The highest BCUT2D eigenvalue weighted by Crippen LogP contribution is 2.19. The van der Waals surface area contributed by atoms with Crippen molar-refractivity contribution < 1.29 is 18.7 Å². The number of hydrogen-bond acceptors (Lipinski definition) is 3. The van der Waals surface area contributed by atoms with Crippen LogP contribution in [0.4, 0.5) is 4.39 Å². The molecule has 0 bridgehead atoms. The summed E-state index contributed by atoms with van der Waals surface area (Å²) in [7, 11) is 1.28. The average Bonchev–Trinajstić information content (AvgIpc) is 3.09. The third kappa shape index (κ3) is 4.61. The van der Waals surface area contributed by atoms with E-state index in [0.717, 1.165) is 16.5 Å². The van der Waals surface area contributed by atoms with Gasteiger partial charge in [0.25, 0.3) is 0 Å². The highest BCUT2D eigenvalue weighted by Gasteiger charge is 2.22. The molecule has 138 valence electrons. The van der Waals surface area contributed by atoms with E-state index in [4.69, 9.17) is 4.74 Å². The third-order valence-electron chi connectivity index (χ3n) is 4.20. The van der Waals surface area contributed by atoms with Crippen LogP contribution >= 0.6 is 0 Å². The quantitative estimate of drug-likeness (QED) is 0.520. The predicted molar refractivity (Wildman–Crippen MR) is 101 cm³/mol. The van der Waals surface area contributed by atoms with Crippen LogP contribution in [0.1, 0.15) is 11.1 Å². The van der Waals surface area contributed by atoms with Gasteiger partial charge in [-0.3, -0.25) is 4.79 Å². The van der Waals surface area contributed by atoms with Crippen LogP contribution in [0.25, 0.3) is 17.0 Å². The summed E-state index contributed by atoms with van der Waals surface area (Å²) in [5.41, 5.74) is 2.54. The maximum Gasteiger partial charge on any atom is 0.328 e. The van der Waals surface area contributed by atoms with Gasteiger partial charge in [-0.15, -0.1) is 0 Å². The number of benzene rings is 2. The van der Waals surface area contributed by atoms with Crippen molar-refractivity contribution in [2.45, 2.75) is 12.5 Å². The van der Waals surface area contributed by atoms with Gasteiger partial charge in [0, 0.05) is 29.6 Å². The number of ether oxygens (including phenoxy) is 1. The lowest BCUT2D eigenvalue weighted by molar-refractivity contribution is -0.144. The van der Waals surface area contributed by atoms with Crippen molar-refractivity contribution in [1.82, 2.24) is 10.3 Å². The number of H-pyrrole nitrogens is 1. The van der Waals surface area contributed by atoms with Crippen LogP contribution in [-0.2, 0) is 20.7 Å². The van der Waals surface area contributed by atoms with Crippen LogP contribution in [0.2, 0.25) is 0 Å². The number of esters is 1. The fourth-order valence-corrected chi connectivity index (χ4v) is 2.82. The van der Waals surface area contributed by atoms with Gasteiger partial charge in [0.05, 0.1) is 7.11 Å². The first kappa shape index (κ1) is 18.4. The van der Waals surface area contributed by atoms with E-state index in [0.29, 0.717) is 12.0 Å². The number of aromatic nitrogens is 1. The summed E-state index contributed by atoms with van der Waals surface area (Å²) in [6.45, 7) is 0. The van der Waals surface area contributed by atoms with Crippen LogP contribution in [-0.4, -0.2) is 30.0 Å². The summed E-state index contributed by atoms with van der Waals surface area (Å²) in [4.78, 5) is 27.5. The number of para-hydroxylation sites is 1. The molecule has 2 N–H and O–H groups in total. The van der Waals surface area contributed by atoms with Gasteiger partial charge in [-0.05, 0) is 35.4 Å². The highest BCUT2D eigenvalue weighted by molar-refractivity contribution is 5.95. The molecule has 2 aromatic carbocycles. The molecule has 0 aliphatic heterocycles. The Morgan fingerprint density at radius 2 is 1.93 bits per heavy atom. The van der Waals surface area contributed by atoms with Gasteiger partial charge < -0.3 is 15.0 Å². The molecule has 1 aromatic heterocycles. The molecule has 0 saturated carbocycles. The van der Waals surface area contributed by atoms with Crippen LogP contribution in [0.5, 0.6) is 0 Å². The van der Waals surface area contributed by atoms with Gasteiger partial charge in [-0.2, -0.15) is 0 Å². The van der Waals surface area contributed by atoms with Crippen molar-refractivity contribution >= 4 is 28.9 Å². The maximum absolute atomic E-state index is 12.9. The second-order valence-electron chi connectivity index (χ2n) is 6.03. The number of halogens is 1. The molecule has 1 heterocycles. The second kappa shape index (κ2) is 8.31. The van der Waals surface area contributed by atoms with Gasteiger partial charge in [-0.1, -0.05) is 30.3 Å². The van der Waals surface area contributed by atoms with Gasteiger partial charge in [-0.25, -0.2) is 9.18 Å². The van der Waals surface area contributed by atoms with E-state index in [9.17, 15) is 14.0 Å². The Balaban J connectivity index is 1.72. The summed E-state index contributed by atoms with van der Waals surface area (Å²) < 4.78 is 17.7. The Morgan fingerprint density at radius 3 is 2.67 bits per heavy atom. The number of methoxy groups -OCH3 is 1. The predicted octanol–water partition coefficient (Wildman–Crippen LogP) is 3.22. The van der Waals surface area contributed by atoms with E-state index in [2.05, 4.69) is 10.3 Å². The smallest absolute Gasteiger partial charge is 0.328 e. The number of carbonyl (C=O) groups is 2. The lowest BCUT2D eigenvalue weighted by Gasteiger charge is -2.15. The van der Waals surface area contributed by atoms with E-state index in [1.165, 1.54) is 25.3 Å². The Kier molecular flexibility index (Phi) is 5.66. The lowest BCUT2D eigenvalue weighted by Crippen LogP contribution is -2.42. The molecule has 0 fully saturated rings. The molecule has 5 nitrogen and oxygen atoms in total. The van der Waals surface area contributed by atoms with E-state index in [-0.39, 0.29) is 5.82 Å². The number of aromatic amines is 1. The summed E-state index contributed by atoms with van der Waals surface area (Å²) in [5, 5.41) is 3.65. The Hall–Kier alpha value is -3.41. The summed E-state index contributed by atoms with van der Waals surface area (Å²) in [5.74, 6) is -1.31. The Labute approximate surface area is 155 Å². The number of amides is 1. The van der Waals surface area contributed by atoms with Crippen molar-refractivity contribution in [2.75, 3.05) is 7.11 Å². The molecule has 0 unspecified atom stereocenters. The van der Waals surface area contributed by atoms with Crippen LogP contribution in [0.15, 0.2) is 60.8 Å². The molecule has 1 amide bonds. The zero-order valence-corrected chi connectivity index (χ0v) is 14.7. The number of nitrogens with one attached hydrogen (secondary N) is 2. The number of rotatable bonds is 6. The first-order chi connectivity index (χ1) is 13.1. The monoisotopic (exact) mass is 366 g/mol. The molecule has 0 spiro atoms. The number of hydrogen-bond donors (Lipinski definition) is 2. The normalized spacial score (nSPS) is 12.2. The highest BCUT2D eigenvalue weighted by atomic mass is 19.1. The molecule has 1 atom stereocenters. The molecule has 27 heavy (non-hydrogen) atoms. The fourth-order valence-electron chi connectivity index (χ4n) is 2.82. The summed E-state index contributed by atoms with van der Waals surface area (Å²) in [6.07, 6.45) is 4.97. The molecule has 3 aromatic rings. The molecule has 0 saturated heterocycles. The fraction of sp³-hybridized carbons (Fsp3) is 0.143. The molecule has 3 rings (SSSR count). The van der Waals surface area contributed by atoms with E-state index in [1.807, 2.05) is 30.5 Å². The first-order valence-electron chi connectivity index (χ1n) is 8.44. The lowest BCUT2D eigenvalue weighted by atomic mass is 10.0. The first-order valence-corrected chi connectivity index (χ1v) is 8.44. The van der Waals surface area contributed by atoms with Gasteiger partial charge in [0.15, 0.2) is 0 Å². The van der Waals surface area contributed by atoms with Crippen molar-refractivity contribution in [2.24, 2.45) is 0 Å². The Morgan fingerprint density at radius 1 is 1.19 bits per heavy atom. The average molecular weight is 366 g/mol. The van der Waals surface area contributed by atoms with Gasteiger partial charge >= 0.3 is 5.97 Å². The van der Waals surface area contributed by atoms with Crippen molar-refractivity contribution in [3.05, 3.63) is 77.7 Å². The van der Waals surface area contributed by atoms with Crippen LogP contribution in [0, 0.1) is 5.82 Å². The summed E-state index contributed by atoms with van der Waals surface area (Å²) >= 11 is 0. The largest absolute Gasteiger partial charge is 0.467 e. The SMILES string of the molecule is COC(=O)[C@H](Cc1c[nH]c2ccccc12)NC(=O)C=Cc1ccc(F)cc1. The van der Waals surface area contributed by atoms with Crippen molar-refractivity contribution in [3.8, 4) is 0 Å². The van der Waals surface area contributed by atoms with Crippen LogP contribution < -0.4 is 5.32 Å². The molecule has 0 radical (unpaired) electrons. The van der Waals surface area contributed by atoms with Crippen LogP contribution in [0.3, 0.4) is 0 Å². The minimum Gasteiger partial charge on any atom is -0.467 e. The molecular formula is C21H19FN2O3. The van der Waals surface area contributed by atoms with Crippen molar-refractivity contribution in [3.63, 3.8) is 0 Å². The van der Waals surface area contributed by atoms with E-state index < -0.39 is 17.9 Å². The zero-order valence-electron chi connectivity index (χ0n) is 14.7. The minimum absolute atomic E-state index is 0.298. The van der Waals surface area contributed by atoms with Gasteiger partial charge in [0.1, 0.15) is 11.9 Å². The minimum atomic E-state index is -0.820. The standard InChI is InChI=1S/C21H19FN2O3/c1-27-21(26)19(12-15-13-23-18-5-3-2-4-17(15)18)24-20(25)11-8-14-6-9-16(22)10-7-14/h2-11,13,19,23H,12H2,1H3,(H,24,25)/t19-/m0/s1. The van der Waals surface area contributed by atoms with E-state index in [1.54, 1.807) is 18.2 Å². The molecule has 6 heteroatoms. The second-order valence-corrected chi connectivity index (χ2v) is 6.03. The number of fused-ring (bicyclic) bond motifs is 1.